The van der Waals surface area contributed by atoms with Gasteiger partial charge in [0.2, 0.25) is 0 Å². The van der Waals surface area contributed by atoms with E-state index in [1.165, 1.54) is 25.8 Å². The molecule has 0 aromatic heterocycles. The van der Waals surface area contributed by atoms with Gasteiger partial charge in [-0.25, -0.2) is 0 Å². The fraction of sp³-hybridized carbons (Fsp3) is 0.818. The van der Waals surface area contributed by atoms with Crippen molar-refractivity contribution in [1.29, 1.82) is 0 Å². The molecule has 1 aliphatic rings. The summed E-state index contributed by atoms with van der Waals surface area (Å²) in [4.78, 5) is 2.57. The van der Waals surface area contributed by atoms with Crippen molar-refractivity contribution >= 4 is 0 Å². The van der Waals surface area contributed by atoms with Gasteiger partial charge in [0, 0.05) is 18.6 Å². The molecule has 1 fully saturated rings. The smallest absolute Gasteiger partial charge is 0.0281 e. The van der Waals surface area contributed by atoms with Gasteiger partial charge in [-0.1, -0.05) is 18.6 Å². The molecule has 0 aromatic rings. The van der Waals surface area contributed by atoms with E-state index in [0.717, 1.165) is 0 Å². The Morgan fingerprint density at radius 2 is 2.23 bits per heavy atom. The summed E-state index contributed by atoms with van der Waals surface area (Å²) >= 11 is 0. The van der Waals surface area contributed by atoms with Gasteiger partial charge in [-0.05, 0) is 33.2 Å². The lowest BCUT2D eigenvalue weighted by Crippen LogP contribution is -2.42. The highest BCUT2D eigenvalue weighted by atomic mass is 15.2. The van der Waals surface area contributed by atoms with Gasteiger partial charge in [0.25, 0.3) is 0 Å². The predicted octanol–water partition coefficient (Wildman–Crippen LogP) is 1.76. The molecular formula is C11H22N2. The molecule has 1 unspecified atom stereocenters. The summed E-state index contributed by atoms with van der Waals surface area (Å²) in [5, 5.41) is 0. The van der Waals surface area contributed by atoms with Crippen molar-refractivity contribution < 1.29 is 0 Å². The number of nitrogens with zero attached hydrogens (tertiary/aromatic N) is 1. The van der Waals surface area contributed by atoms with Gasteiger partial charge in [-0.2, -0.15) is 0 Å². The minimum atomic E-state index is 0.636. The lowest BCUT2D eigenvalue weighted by atomic mass is 10.00. The van der Waals surface area contributed by atoms with E-state index in [0.29, 0.717) is 18.6 Å². The van der Waals surface area contributed by atoms with Crippen molar-refractivity contribution in [2.45, 2.75) is 45.2 Å². The van der Waals surface area contributed by atoms with Crippen molar-refractivity contribution in [2.24, 2.45) is 5.73 Å². The molecule has 2 heteroatoms. The number of nitrogens with two attached hydrogens (primary N) is 1. The third-order valence-corrected chi connectivity index (χ3v) is 2.75. The van der Waals surface area contributed by atoms with Gasteiger partial charge in [-0.15, -0.1) is 0 Å². The van der Waals surface area contributed by atoms with Gasteiger partial charge < -0.3 is 5.73 Å². The summed E-state index contributed by atoms with van der Waals surface area (Å²) in [6, 6.07) is 1.30. The molecule has 1 atom stereocenters. The Balaban J connectivity index is 2.51. The number of piperidine rings is 1. The first-order chi connectivity index (χ1) is 6.25. The van der Waals surface area contributed by atoms with Crippen LogP contribution in [0.3, 0.4) is 0 Å². The van der Waals surface area contributed by atoms with Crippen LogP contribution >= 0.6 is 0 Å². The van der Waals surface area contributed by atoms with Gasteiger partial charge in [-0.3, -0.25) is 4.90 Å². The molecule has 76 valence electrons. The number of likely N-dealkylation sites (tertiary alicyclic amines) is 1. The Hall–Kier alpha value is -0.340. The van der Waals surface area contributed by atoms with E-state index < -0.39 is 0 Å². The summed E-state index contributed by atoms with van der Waals surface area (Å²) in [5.41, 5.74) is 5.46. The first kappa shape index (κ1) is 10.7. The van der Waals surface area contributed by atoms with Gasteiger partial charge >= 0.3 is 0 Å². The van der Waals surface area contributed by atoms with Crippen LogP contribution in [0.15, 0.2) is 12.2 Å². The van der Waals surface area contributed by atoms with Crippen molar-refractivity contribution in [3.05, 3.63) is 12.2 Å². The van der Waals surface area contributed by atoms with Crippen LogP contribution in [0.5, 0.6) is 0 Å². The number of hydrogen-bond acceptors (Lipinski definition) is 2. The molecule has 0 amide bonds. The molecule has 13 heavy (non-hydrogen) atoms. The highest BCUT2D eigenvalue weighted by molar-refractivity contribution is 4.97. The minimum Gasteiger partial charge on any atom is -0.327 e. The zero-order valence-corrected chi connectivity index (χ0v) is 8.87. The van der Waals surface area contributed by atoms with Crippen molar-refractivity contribution in [3.8, 4) is 0 Å². The van der Waals surface area contributed by atoms with E-state index >= 15 is 0 Å². The van der Waals surface area contributed by atoms with Crippen LogP contribution in [0.4, 0.5) is 0 Å². The van der Waals surface area contributed by atoms with Crippen LogP contribution in [0.25, 0.3) is 0 Å². The Kier molecular flexibility index (Phi) is 4.46. The third-order valence-electron chi connectivity index (χ3n) is 2.75. The molecule has 2 nitrogen and oxygen atoms in total. The highest BCUT2D eigenvalue weighted by Crippen LogP contribution is 2.20. The molecule has 0 aliphatic carbocycles. The summed E-state index contributed by atoms with van der Waals surface area (Å²) in [7, 11) is 0. The van der Waals surface area contributed by atoms with E-state index in [1.54, 1.807) is 0 Å². The Labute approximate surface area is 81.8 Å². The fourth-order valence-corrected chi connectivity index (χ4v) is 2.06. The van der Waals surface area contributed by atoms with Crippen LogP contribution < -0.4 is 5.73 Å². The SMILES string of the molecule is CC(C)N1CCCCC1/C=C\CN. The third kappa shape index (κ3) is 3.12. The number of hydrogen-bond donors (Lipinski definition) is 1. The fourth-order valence-electron chi connectivity index (χ4n) is 2.06. The molecule has 1 rings (SSSR count). The topological polar surface area (TPSA) is 29.3 Å². The molecule has 0 aromatic carbocycles. The summed E-state index contributed by atoms with van der Waals surface area (Å²) in [6.07, 6.45) is 8.38. The molecule has 0 radical (unpaired) electrons. The zero-order chi connectivity index (χ0) is 9.68. The number of rotatable bonds is 3. The average Bonchev–Trinajstić information content (AvgIpc) is 2.15. The molecule has 0 spiro atoms. The van der Waals surface area contributed by atoms with E-state index in [1.807, 2.05) is 0 Å². The Morgan fingerprint density at radius 1 is 1.46 bits per heavy atom. The van der Waals surface area contributed by atoms with Crippen molar-refractivity contribution in [2.75, 3.05) is 13.1 Å². The van der Waals surface area contributed by atoms with Crippen LogP contribution in [0, 0.1) is 0 Å². The Bertz CT molecular complexity index is 163. The molecule has 0 bridgehead atoms. The first-order valence-corrected chi connectivity index (χ1v) is 5.38. The maximum Gasteiger partial charge on any atom is 0.0281 e. The molecule has 1 aliphatic heterocycles. The molecule has 2 N–H and O–H groups in total. The van der Waals surface area contributed by atoms with Gasteiger partial charge in [0.1, 0.15) is 0 Å². The standard InChI is InChI=1S/C11H22N2/c1-10(2)13-9-4-3-6-11(13)7-5-8-12/h5,7,10-11H,3-4,6,8-9,12H2,1-2H3/b7-5-. The van der Waals surface area contributed by atoms with Gasteiger partial charge in [0.05, 0.1) is 0 Å². The van der Waals surface area contributed by atoms with E-state index in [2.05, 4.69) is 30.9 Å². The second kappa shape index (κ2) is 5.40. The summed E-state index contributed by atoms with van der Waals surface area (Å²) in [5.74, 6) is 0. The van der Waals surface area contributed by atoms with Crippen LogP contribution in [0.2, 0.25) is 0 Å². The lowest BCUT2D eigenvalue weighted by Gasteiger charge is -2.37. The summed E-state index contributed by atoms with van der Waals surface area (Å²) < 4.78 is 0. The Morgan fingerprint density at radius 3 is 2.85 bits per heavy atom. The quantitative estimate of drug-likeness (QED) is 0.674. The predicted molar refractivity (Wildman–Crippen MR) is 57.7 cm³/mol. The van der Waals surface area contributed by atoms with Crippen molar-refractivity contribution in [1.82, 2.24) is 4.90 Å². The molecule has 1 saturated heterocycles. The zero-order valence-electron chi connectivity index (χ0n) is 8.87. The second-order valence-electron chi connectivity index (χ2n) is 4.06. The summed E-state index contributed by atoms with van der Waals surface area (Å²) in [6.45, 7) is 6.46. The maximum atomic E-state index is 5.46. The normalized spacial score (nSPS) is 26.0. The largest absolute Gasteiger partial charge is 0.327 e. The minimum absolute atomic E-state index is 0.636. The average molecular weight is 182 g/mol. The maximum absolute atomic E-state index is 5.46. The van der Waals surface area contributed by atoms with Crippen molar-refractivity contribution in [3.63, 3.8) is 0 Å². The molecule has 0 saturated carbocycles. The lowest BCUT2D eigenvalue weighted by molar-refractivity contribution is 0.140. The monoisotopic (exact) mass is 182 g/mol. The second-order valence-corrected chi connectivity index (χ2v) is 4.06. The van der Waals surface area contributed by atoms with E-state index in [9.17, 15) is 0 Å². The van der Waals surface area contributed by atoms with Crippen LogP contribution in [-0.4, -0.2) is 30.1 Å². The van der Waals surface area contributed by atoms with Crippen LogP contribution in [0.1, 0.15) is 33.1 Å². The first-order valence-electron chi connectivity index (χ1n) is 5.38. The van der Waals surface area contributed by atoms with Crippen LogP contribution in [-0.2, 0) is 0 Å². The van der Waals surface area contributed by atoms with E-state index in [4.69, 9.17) is 5.73 Å². The van der Waals surface area contributed by atoms with Gasteiger partial charge in [0.15, 0.2) is 0 Å². The molecular weight excluding hydrogens is 160 g/mol. The highest BCUT2D eigenvalue weighted by Gasteiger charge is 2.21. The van der Waals surface area contributed by atoms with E-state index in [-0.39, 0.29) is 0 Å². The molecule has 1 heterocycles.